The average Bonchev–Trinajstić information content (AvgIpc) is 3.22. The molecule has 0 aromatic heterocycles. The van der Waals surface area contributed by atoms with E-state index in [4.69, 9.17) is 0 Å². The smallest absolute Gasteiger partial charge is 0.271 e. The monoisotopic (exact) mass is 417 g/mol. The molecule has 0 bridgehead atoms. The zero-order valence-electron chi connectivity index (χ0n) is 16.3. The van der Waals surface area contributed by atoms with Gasteiger partial charge in [-0.1, -0.05) is 12.1 Å². The number of benzene rings is 2. The number of carbonyl (C=O) groups is 1. The summed E-state index contributed by atoms with van der Waals surface area (Å²) in [4.78, 5) is 24.5. The molecule has 29 heavy (non-hydrogen) atoms. The lowest BCUT2D eigenvalue weighted by Crippen LogP contribution is -2.27. The molecule has 2 aromatic carbocycles. The molecule has 8 nitrogen and oxygen atoms in total. The second-order valence-electron chi connectivity index (χ2n) is 7.16. The number of hydrogen-bond donors (Lipinski definition) is 1. The zero-order valence-corrected chi connectivity index (χ0v) is 17.2. The molecule has 154 valence electrons. The van der Waals surface area contributed by atoms with Crippen LogP contribution in [0.2, 0.25) is 0 Å². The summed E-state index contributed by atoms with van der Waals surface area (Å²) < 4.78 is 27.9. The largest absolute Gasteiger partial charge is 0.339 e. The molecule has 1 aliphatic rings. The Bertz CT molecular complexity index is 1040. The highest BCUT2D eigenvalue weighted by Crippen LogP contribution is 2.25. The fraction of sp³-hybridized carbons (Fsp3) is 0.350. The van der Waals surface area contributed by atoms with Crippen molar-refractivity contribution in [3.63, 3.8) is 0 Å². The van der Waals surface area contributed by atoms with Crippen molar-refractivity contribution in [3.05, 3.63) is 68.8 Å². The number of carbonyl (C=O) groups excluding carboxylic acids is 1. The van der Waals surface area contributed by atoms with E-state index in [-0.39, 0.29) is 23.0 Å². The van der Waals surface area contributed by atoms with Crippen LogP contribution in [-0.2, 0) is 16.6 Å². The van der Waals surface area contributed by atoms with Crippen molar-refractivity contribution in [2.24, 2.45) is 0 Å². The Hall–Kier alpha value is -2.78. The van der Waals surface area contributed by atoms with E-state index >= 15 is 0 Å². The summed E-state index contributed by atoms with van der Waals surface area (Å²) in [5.74, 6) is -0.0164. The van der Waals surface area contributed by atoms with Crippen molar-refractivity contribution >= 4 is 21.6 Å². The molecule has 3 rings (SSSR count). The van der Waals surface area contributed by atoms with E-state index in [1.807, 2.05) is 4.90 Å². The maximum Gasteiger partial charge on any atom is 0.271 e. The molecule has 1 fully saturated rings. The predicted molar refractivity (Wildman–Crippen MR) is 108 cm³/mol. The lowest BCUT2D eigenvalue weighted by Gasteiger charge is -2.15. The molecule has 0 aliphatic carbocycles. The van der Waals surface area contributed by atoms with Gasteiger partial charge >= 0.3 is 0 Å². The van der Waals surface area contributed by atoms with Gasteiger partial charge in [-0.3, -0.25) is 14.9 Å². The maximum atomic E-state index is 12.7. The lowest BCUT2D eigenvalue weighted by molar-refractivity contribution is -0.385. The van der Waals surface area contributed by atoms with E-state index in [1.165, 1.54) is 6.07 Å². The van der Waals surface area contributed by atoms with Crippen molar-refractivity contribution in [3.8, 4) is 0 Å². The molecule has 0 saturated carbocycles. The molecule has 0 spiro atoms. The Balaban J connectivity index is 1.74. The molecule has 1 amide bonds. The van der Waals surface area contributed by atoms with E-state index in [2.05, 4.69) is 4.72 Å². The van der Waals surface area contributed by atoms with Gasteiger partial charge in [0.25, 0.3) is 11.6 Å². The number of sulfonamides is 1. The highest BCUT2D eigenvalue weighted by Gasteiger charge is 2.23. The molecular formula is C20H23N3O5S. The summed E-state index contributed by atoms with van der Waals surface area (Å²) in [5, 5.41) is 11.1. The number of amides is 1. The van der Waals surface area contributed by atoms with Gasteiger partial charge in [-0.15, -0.1) is 0 Å². The Morgan fingerprint density at radius 1 is 1.14 bits per heavy atom. The molecule has 1 N–H and O–H groups in total. The molecule has 9 heteroatoms. The Kier molecular flexibility index (Phi) is 5.99. The van der Waals surface area contributed by atoms with Crippen LogP contribution in [0.25, 0.3) is 0 Å². The van der Waals surface area contributed by atoms with Crippen molar-refractivity contribution < 1.29 is 18.1 Å². The van der Waals surface area contributed by atoms with Crippen LogP contribution in [0, 0.1) is 24.0 Å². The number of rotatable bonds is 6. The van der Waals surface area contributed by atoms with E-state index in [1.54, 1.807) is 38.1 Å². The first-order valence-electron chi connectivity index (χ1n) is 9.32. The molecule has 1 aliphatic heterocycles. The highest BCUT2D eigenvalue weighted by atomic mass is 32.2. The molecular weight excluding hydrogens is 394 g/mol. The molecule has 0 atom stereocenters. The van der Waals surface area contributed by atoms with Crippen LogP contribution >= 0.6 is 0 Å². The summed E-state index contributed by atoms with van der Waals surface area (Å²) in [7, 11) is -3.94. The van der Waals surface area contributed by atoms with Gasteiger partial charge in [-0.05, 0) is 55.5 Å². The van der Waals surface area contributed by atoms with Crippen LogP contribution in [0.15, 0.2) is 41.3 Å². The highest BCUT2D eigenvalue weighted by molar-refractivity contribution is 7.89. The molecule has 1 saturated heterocycles. The van der Waals surface area contributed by atoms with Gasteiger partial charge in [0, 0.05) is 37.3 Å². The fourth-order valence-corrected chi connectivity index (χ4v) is 4.67. The summed E-state index contributed by atoms with van der Waals surface area (Å²) in [6.07, 6.45) is 2.03. The van der Waals surface area contributed by atoms with Crippen LogP contribution < -0.4 is 4.72 Å². The second-order valence-corrected chi connectivity index (χ2v) is 8.90. The number of nitro benzene ring substituents is 1. The van der Waals surface area contributed by atoms with Gasteiger partial charge in [0.1, 0.15) is 0 Å². The maximum absolute atomic E-state index is 12.7. The quantitative estimate of drug-likeness (QED) is 0.574. The Morgan fingerprint density at radius 3 is 2.34 bits per heavy atom. The fourth-order valence-electron chi connectivity index (χ4n) is 3.32. The van der Waals surface area contributed by atoms with Gasteiger partial charge < -0.3 is 4.90 Å². The normalized spacial score (nSPS) is 14.2. The summed E-state index contributed by atoms with van der Waals surface area (Å²) in [5.41, 5.74) is 1.99. The first-order chi connectivity index (χ1) is 13.7. The molecule has 2 aromatic rings. The minimum absolute atomic E-state index is 0.0156. The van der Waals surface area contributed by atoms with Gasteiger partial charge in [0.05, 0.1) is 9.82 Å². The predicted octanol–water partition coefficient (Wildman–Crippen LogP) is 2.93. The van der Waals surface area contributed by atoms with Crippen molar-refractivity contribution in [2.75, 3.05) is 13.1 Å². The summed E-state index contributed by atoms with van der Waals surface area (Å²) in [6, 6.07) is 9.21. The number of nitro groups is 1. The summed E-state index contributed by atoms with van der Waals surface area (Å²) in [6.45, 7) is 4.80. The van der Waals surface area contributed by atoms with Crippen molar-refractivity contribution in [1.29, 1.82) is 0 Å². The minimum Gasteiger partial charge on any atom is -0.339 e. The van der Waals surface area contributed by atoms with Crippen LogP contribution in [0.4, 0.5) is 5.69 Å². The minimum atomic E-state index is -3.94. The number of hydrogen-bond acceptors (Lipinski definition) is 5. The number of nitrogens with zero attached hydrogens (tertiary/aromatic N) is 2. The third-order valence-corrected chi connectivity index (χ3v) is 6.69. The van der Waals surface area contributed by atoms with Crippen LogP contribution in [0.5, 0.6) is 0 Å². The van der Waals surface area contributed by atoms with Gasteiger partial charge in [-0.2, -0.15) is 0 Å². The van der Waals surface area contributed by atoms with Gasteiger partial charge in [0.15, 0.2) is 0 Å². The topological polar surface area (TPSA) is 110 Å². The third kappa shape index (κ3) is 4.63. The van der Waals surface area contributed by atoms with Gasteiger partial charge in [-0.25, -0.2) is 13.1 Å². The first kappa shape index (κ1) is 20.9. The SMILES string of the molecule is Cc1cc([N+](=O)[O-])cc(S(=O)(=O)NCc2ccc(C(=O)N3CCCC3)cc2)c1C. The second kappa shape index (κ2) is 8.30. The summed E-state index contributed by atoms with van der Waals surface area (Å²) >= 11 is 0. The third-order valence-electron chi connectivity index (χ3n) is 5.17. The number of non-ortho nitro benzene ring substituents is 1. The number of likely N-dealkylation sites (tertiary alicyclic amines) is 1. The number of aryl methyl sites for hydroxylation is 1. The Labute approximate surface area is 169 Å². The Morgan fingerprint density at radius 2 is 1.76 bits per heavy atom. The van der Waals surface area contributed by atoms with Crippen LogP contribution in [0.1, 0.15) is 39.9 Å². The van der Waals surface area contributed by atoms with E-state index in [9.17, 15) is 23.3 Å². The van der Waals surface area contributed by atoms with Gasteiger partial charge in [0.2, 0.25) is 10.0 Å². The van der Waals surface area contributed by atoms with Crippen LogP contribution in [0.3, 0.4) is 0 Å². The molecule has 0 radical (unpaired) electrons. The van der Waals surface area contributed by atoms with E-state index in [0.29, 0.717) is 22.3 Å². The van der Waals surface area contributed by atoms with Crippen LogP contribution in [-0.4, -0.2) is 37.2 Å². The van der Waals surface area contributed by atoms with Crippen molar-refractivity contribution in [1.82, 2.24) is 9.62 Å². The van der Waals surface area contributed by atoms with E-state index in [0.717, 1.165) is 32.0 Å². The first-order valence-corrected chi connectivity index (χ1v) is 10.8. The van der Waals surface area contributed by atoms with Crippen molar-refractivity contribution in [2.45, 2.75) is 38.1 Å². The zero-order chi connectivity index (χ0) is 21.2. The average molecular weight is 417 g/mol. The molecule has 0 unspecified atom stereocenters. The standard InChI is InChI=1S/C20H23N3O5S/c1-14-11-18(23(25)26)12-19(15(14)2)29(27,28)21-13-16-5-7-17(8-6-16)20(24)22-9-3-4-10-22/h5-8,11-12,21H,3-4,9-10,13H2,1-2H3. The molecule has 1 heterocycles. The van der Waals surface area contributed by atoms with E-state index < -0.39 is 14.9 Å². The lowest BCUT2D eigenvalue weighted by atomic mass is 10.1. The number of nitrogens with one attached hydrogen (secondary N) is 1.